The molecule has 0 saturated heterocycles. The van der Waals surface area contributed by atoms with Crippen LogP contribution >= 0.6 is 12.4 Å². The van der Waals surface area contributed by atoms with E-state index in [0.717, 1.165) is 25.8 Å². The van der Waals surface area contributed by atoms with E-state index >= 15 is 0 Å². The van der Waals surface area contributed by atoms with E-state index in [0.29, 0.717) is 11.5 Å². The summed E-state index contributed by atoms with van der Waals surface area (Å²) in [6.45, 7) is 5.50. The highest BCUT2D eigenvalue weighted by Gasteiger charge is 2.52. The molecule has 3 fully saturated rings. The first-order chi connectivity index (χ1) is 8.02. The van der Waals surface area contributed by atoms with Crippen LogP contribution in [0.15, 0.2) is 0 Å². The van der Waals surface area contributed by atoms with Gasteiger partial charge in [0, 0.05) is 12.6 Å². The van der Waals surface area contributed by atoms with Gasteiger partial charge in [-0.3, -0.25) is 4.79 Å². The molecule has 0 atom stereocenters. The molecule has 106 valence electrons. The minimum atomic E-state index is -0.131. The highest BCUT2D eigenvalue weighted by atomic mass is 35.5. The number of ether oxygens (including phenoxy) is 1. The molecule has 4 heteroatoms. The normalized spacial score (nSPS) is 34.2. The Kier molecular flexibility index (Phi) is 5.07. The summed E-state index contributed by atoms with van der Waals surface area (Å²) in [7, 11) is 1.52. The fraction of sp³-hybridized carbons (Fsp3) is 0.929. The number of hydrogen-bond donors (Lipinski definition) is 1. The summed E-state index contributed by atoms with van der Waals surface area (Å²) >= 11 is 0. The SMILES string of the molecule is COC(=O)C12CCC(CNC(C)C)(CC1)CC2.Cl. The van der Waals surface area contributed by atoms with Crippen molar-refractivity contribution in [1.29, 1.82) is 0 Å². The minimum absolute atomic E-state index is 0. The first-order valence-corrected chi connectivity index (χ1v) is 6.84. The second kappa shape index (κ2) is 5.79. The van der Waals surface area contributed by atoms with Crippen LogP contribution in [-0.2, 0) is 9.53 Å². The third-order valence-electron chi connectivity index (χ3n) is 4.91. The predicted molar refractivity (Wildman–Crippen MR) is 75.0 cm³/mol. The maximum Gasteiger partial charge on any atom is 0.311 e. The predicted octanol–water partition coefficient (Wildman–Crippen LogP) is 2.92. The van der Waals surface area contributed by atoms with E-state index in [4.69, 9.17) is 4.74 Å². The molecule has 3 aliphatic carbocycles. The van der Waals surface area contributed by atoms with Crippen molar-refractivity contribution in [2.45, 2.75) is 58.4 Å². The summed E-state index contributed by atoms with van der Waals surface area (Å²) in [4.78, 5) is 11.9. The summed E-state index contributed by atoms with van der Waals surface area (Å²) < 4.78 is 4.99. The molecule has 3 saturated carbocycles. The van der Waals surface area contributed by atoms with Crippen LogP contribution in [0.2, 0.25) is 0 Å². The summed E-state index contributed by atoms with van der Waals surface area (Å²) in [6.07, 6.45) is 6.63. The first kappa shape index (κ1) is 15.8. The van der Waals surface area contributed by atoms with Crippen LogP contribution in [0, 0.1) is 10.8 Å². The van der Waals surface area contributed by atoms with Gasteiger partial charge in [-0.25, -0.2) is 0 Å². The van der Waals surface area contributed by atoms with Gasteiger partial charge in [-0.1, -0.05) is 13.8 Å². The molecule has 0 unspecified atom stereocenters. The molecule has 0 heterocycles. The molecule has 0 aliphatic heterocycles. The third kappa shape index (κ3) is 2.83. The zero-order valence-electron chi connectivity index (χ0n) is 11.8. The Bertz CT molecular complexity index is 280. The van der Waals surface area contributed by atoms with Crippen LogP contribution in [0.25, 0.3) is 0 Å². The number of hydrogen-bond acceptors (Lipinski definition) is 3. The maximum absolute atomic E-state index is 11.9. The van der Waals surface area contributed by atoms with Crippen LogP contribution in [-0.4, -0.2) is 25.7 Å². The number of esters is 1. The lowest BCUT2D eigenvalue weighted by molar-refractivity contribution is -0.162. The van der Waals surface area contributed by atoms with Gasteiger partial charge in [0.05, 0.1) is 12.5 Å². The van der Waals surface area contributed by atoms with Gasteiger partial charge >= 0.3 is 5.97 Å². The summed E-state index contributed by atoms with van der Waals surface area (Å²) in [5.74, 6) is 0.0302. The van der Waals surface area contributed by atoms with Crippen molar-refractivity contribution < 1.29 is 9.53 Å². The molecule has 0 amide bonds. The van der Waals surface area contributed by atoms with Crippen molar-refractivity contribution in [2.75, 3.05) is 13.7 Å². The molecule has 3 aliphatic rings. The Morgan fingerprint density at radius 2 is 1.67 bits per heavy atom. The number of rotatable bonds is 4. The molecule has 0 spiro atoms. The van der Waals surface area contributed by atoms with E-state index in [9.17, 15) is 4.79 Å². The van der Waals surface area contributed by atoms with Crippen LogP contribution in [0.5, 0.6) is 0 Å². The van der Waals surface area contributed by atoms with Crippen LogP contribution in [0.1, 0.15) is 52.4 Å². The van der Waals surface area contributed by atoms with Gasteiger partial charge in [-0.2, -0.15) is 0 Å². The van der Waals surface area contributed by atoms with Gasteiger partial charge in [0.25, 0.3) is 0 Å². The number of fused-ring (bicyclic) bond motifs is 3. The van der Waals surface area contributed by atoms with Crippen LogP contribution in [0.3, 0.4) is 0 Å². The fourth-order valence-corrected chi connectivity index (χ4v) is 3.47. The Morgan fingerprint density at radius 3 is 2.06 bits per heavy atom. The van der Waals surface area contributed by atoms with Crippen LogP contribution < -0.4 is 5.32 Å². The summed E-state index contributed by atoms with van der Waals surface area (Å²) in [6, 6.07) is 0.554. The lowest BCUT2D eigenvalue weighted by Crippen LogP contribution is -2.50. The molecule has 0 radical (unpaired) electrons. The average Bonchev–Trinajstić information content (AvgIpc) is 2.38. The van der Waals surface area contributed by atoms with Gasteiger partial charge in [-0.05, 0) is 43.9 Å². The highest BCUT2D eigenvalue weighted by Crippen LogP contribution is 2.57. The van der Waals surface area contributed by atoms with E-state index in [1.807, 2.05) is 0 Å². The van der Waals surface area contributed by atoms with Crippen molar-refractivity contribution in [1.82, 2.24) is 5.32 Å². The summed E-state index contributed by atoms with van der Waals surface area (Å²) in [5, 5.41) is 3.57. The number of methoxy groups -OCH3 is 1. The lowest BCUT2D eigenvalue weighted by atomic mass is 9.53. The summed E-state index contributed by atoms with van der Waals surface area (Å²) in [5.41, 5.74) is 0.328. The molecule has 1 N–H and O–H groups in total. The highest BCUT2D eigenvalue weighted by molar-refractivity contribution is 5.85. The Balaban J connectivity index is 0.00000162. The van der Waals surface area contributed by atoms with Crippen molar-refractivity contribution >= 4 is 18.4 Å². The van der Waals surface area contributed by atoms with E-state index < -0.39 is 0 Å². The smallest absolute Gasteiger partial charge is 0.311 e. The lowest BCUT2D eigenvalue weighted by Gasteiger charge is -2.52. The van der Waals surface area contributed by atoms with E-state index in [1.165, 1.54) is 26.4 Å². The Labute approximate surface area is 116 Å². The van der Waals surface area contributed by atoms with Gasteiger partial charge in [0.2, 0.25) is 0 Å². The number of nitrogens with one attached hydrogen (secondary N) is 1. The maximum atomic E-state index is 11.9. The van der Waals surface area contributed by atoms with Gasteiger partial charge in [0.15, 0.2) is 0 Å². The fourth-order valence-electron chi connectivity index (χ4n) is 3.47. The monoisotopic (exact) mass is 275 g/mol. The molecule has 3 rings (SSSR count). The Morgan fingerprint density at radius 1 is 1.17 bits per heavy atom. The van der Waals surface area contributed by atoms with E-state index in [-0.39, 0.29) is 23.8 Å². The zero-order valence-corrected chi connectivity index (χ0v) is 12.6. The van der Waals surface area contributed by atoms with Gasteiger partial charge < -0.3 is 10.1 Å². The molecule has 18 heavy (non-hydrogen) atoms. The zero-order chi connectivity index (χ0) is 12.5. The average molecular weight is 276 g/mol. The molecule has 0 aromatic carbocycles. The largest absolute Gasteiger partial charge is 0.469 e. The molecular formula is C14H26ClNO2. The quantitative estimate of drug-likeness (QED) is 0.802. The molecule has 3 nitrogen and oxygen atoms in total. The minimum Gasteiger partial charge on any atom is -0.469 e. The van der Waals surface area contributed by atoms with Crippen molar-refractivity contribution in [3.8, 4) is 0 Å². The molecule has 0 aromatic heterocycles. The topological polar surface area (TPSA) is 38.3 Å². The number of carbonyl (C=O) groups is 1. The second-order valence-electron chi connectivity index (χ2n) is 6.31. The van der Waals surface area contributed by atoms with Gasteiger partial charge in [0.1, 0.15) is 0 Å². The third-order valence-corrected chi connectivity index (χ3v) is 4.91. The first-order valence-electron chi connectivity index (χ1n) is 6.84. The van der Waals surface area contributed by atoms with Crippen molar-refractivity contribution in [3.05, 3.63) is 0 Å². The molecule has 0 aromatic rings. The van der Waals surface area contributed by atoms with Gasteiger partial charge in [-0.15, -0.1) is 12.4 Å². The van der Waals surface area contributed by atoms with Crippen LogP contribution in [0.4, 0.5) is 0 Å². The molecule has 2 bridgehead atoms. The number of halogens is 1. The van der Waals surface area contributed by atoms with Crippen molar-refractivity contribution in [2.24, 2.45) is 10.8 Å². The van der Waals surface area contributed by atoms with E-state index in [1.54, 1.807) is 0 Å². The number of carbonyl (C=O) groups excluding carboxylic acids is 1. The molecular weight excluding hydrogens is 250 g/mol. The van der Waals surface area contributed by atoms with Crippen molar-refractivity contribution in [3.63, 3.8) is 0 Å². The second-order valence-corrected chi connectivity index (χ2v) is 6.31. The van der Waals surface area contributed by atoms with E-state index in [2.05, 4.69) is 19.2 Å². The standard InChI is InChI=1S/C14H25NO2.ClH/c1-11(2)15-10-13-4-7-14(8-5-13,9-6-13)12(16)17-3;/h11,15H,4-10H2,1-3H3;1H. The Hall–Kier alpha value is -0.280.